The Labute approximate surface area is 177 Å². The third-order valence-electron chi connectivity index (χ3n) is 4.78. The van der Waals surface area contributed by atoms with Crippen LogP contribution in [-0.2, 0) is 6.54 Å². The predicted molar refractivity (Wildman–Crippen MR) is 117 cm³/mol. The molecule has 8 nitrogen and oxygen atoms in total. The Morgan fingerprint density at radius 1 is 1.41 bits per heavy atom. The van der Waals surface area contributed by atoms with Gasteiger partial charge in [-0.15, -0.1) is 29.1 Å². The molecule has 0 spiro atoms. The molecular weight excluding hydrogens is 457 g/mol. The van der Waals surface area contributed by atoms with Crippen LogP contribution in [0.4, 0.5) is 0 Å². The number of hydrogen-bond donors (Lipinski definition) is 3. The first-order valence-corrected chi connectivity index (χ1v) is 9.40. The van der Waals surface area contributed by atoms with Gasteiger partial charge in [-0.25, -0.2) is 4.98 Å². The van der Waals surface area contributed by atoms with Crippen LogP contribution in [-0.4, -0.2) is 58.8 Å². The van der Waals surface area contributed by atoms with Crippen molar-refractivity contribution in [1.29, 1.82) is 0 Å². The van der Waals surface area contributed by atoms with Gasteiger partial charge >= 0.3 is 0 Å². The van der Waals surface area contributed by atoms with E-state index in [4.69, 9.17) is 4.42 Å². The van der Waals surface area contributed by atoms with Gasteiger partial charge in [0.2, 0.25) is 5.82 Å². The van der Waals surface area contributed by atoms with E-state index in [-0.39, 0.29) is 24.0 Å². The number of furan rings is 1. The molecule has 0 radical (unpaired) electrons. The lowest BCUT2D eigenvalue weighted by atomic mass is 10.0. The molecule has 3 heterocycles. The van der Waals surface area contributed by atoms with E-state index in [0.717, 1.165) is 37.3 Å². The molecule has 0 saturated carbocycles. The summed E-state index contributed by atoms with van der Waals surface area (Å²) in [4.78, 5) is 11.3. The Balaban J connectivity index is 0.00000261. The van der Waals surface area contributed by atoms with Crippen molar-refractivity contribution in [1.82, 2.24) is 30.7 Å². The zero-order valence-corrected chi connectivity index (χ0v) is 18.4. The van der Waals surface area contributed by atoms with Gasteiger partial charge in [0, 0.05) is 26.2 Å². The lowest BCUT2D eigenvalue weighted by Crippen LogP contribution is -2.41. The number of hydrogen-bond acceptors (Lipinski definition) is 5. The van der Waals surface area contributed by atoms with E-state index in [2.05, 4.69) is 42.6 Å². The molecule has 0 amide bonds. The number of halogens is 1. The standard InChI is InChI=1S/C18H29N7O.HI/c1-14-7-3-4-10-25(14)11-6-9-20-18(19-2)21-13-16-22-17(24-23-16)15-8-5-12-26-15;/h5,8,12,14H,3-4,6-7,9-11,13H2,1-2H3,(H2,19,20,21)(H,22,23,24);1H. The number of guanidine groups is 1. The highest BCUT2D eigenvalue weighted by atomic mass is 127. The van der Waals surface area contributed by atoms with Crippen LogP contribution in [0.25, 0.3) is 11.6 Å². The smallest absolute Gasteiger partial charge is 0.216 e. The Kier molecular flexibility index (Phi) is 9.05. The van der Waals surface area contributed by atoms with Crippen molar-refractivity contribution >= 4 is 29.9 Å². The molecule has 0 aliphatic carbocycles. The first-order valence-electron chi connectivity index (χ1n) is 9.40. The molecule has 2 aromatic rings. The Morgan fingerprint density at radius 2 is 2.30 bits per heavy atom. The first kappa shape index (κ1) is 21.7. The summed E-state index contributed by atoms with van der Waals surface area (Å²) in [6.45, 7) is 6.13. The zero-order chi connectivity index (χ0) is 18.2. The van der Waals surface area contributed by atoms with Crippen molar-refractivity contribution in [2.45, 2.75) is 45.2 Å². The van der Waals surface area contributed by atoms with Crippen LogP contribution in [0.5, 0.6) is 0 Å². The minimum atomic E-state index is 0. The van der Waals surface area contributed by atoms with Gasteiger partial charge in [0.05, 0.1) is 12.8 Å². The second-order valence-corrected chi connectivity index (χ2v) is 6.67. The maximum atomic E-state index is 5.30. The molecule has 1 atom stereocenters. The quantitative estimate of drug-likeness (QED) is 0.241. The average molecular weight is 487 g/mol. The van der Waals surface area contributed by atoms with Crippen LogP contribution in [0.3, 0.4) is 0 Å². The van der Waals surface area contributed by atoms with Gasteiger partial charge in [0.1, 0.15) is 5.82 Å². The van der Waals surface area contributed by atoms with Gasteiger partial charge < -0.3 is 20.0 Å². The van der Waals surface area contributed by atoms with Gasteiger partial charge in [-0.1, -0.05) is 6.42 Å². The fraction of sp³-hybridized carbons (Fsp3) is 0.611. The van der Waals surface area contributed by atoms with Crippen LogP contribution in [0.15, 0.2) is 27.8 Å². The minimum absolute atomic E-state index is 0. The molecule has 0 bridgehead atoms. The monoisotopic (exact) mass is 487 g/mol. The maximum Gasteiger partial charge on any atom is 0.216 e. The van der Waals surface area contributed by atoms with Crippen molar-refractivity contribution in [2.24, 2.45) is 4.99 Å². The van der Waals surface area contributed by atoms with E-state index in [9.17, 15) is 0 Å². The predicted octanol–water partition coefficient (Wildman–Crippen LogP) is 2.61. The number of H-pyrrole nitrogens is 1. The van der Waals surface area contributed by atoms with E-state index in [1.807, 2.05) is 12.1 Å². The second kappa shape index (κ2) is 11.3. The highest BCUT2D eigenvalue weighted by molar-refractivity contribution is 14.0. The van der Waals surface area contributed by atoms with Crippen molar-refractivity contribution in [2.75, 3.05) is 26.7 Å². The SMILES string of the molecule is CN=C(NCCCN1CCCCC1C)NCc1nc(-c2ccco2)n[nH]1.I. The van der Waals surface area contributed by atoms with Crippen molar-refractivity contribution in [3.63, 3.8) is 0 Å². The first-order chi connectivity index (χ1) is 12.8. The molecule has 0 aromatic carbocycles. The summed E-state index contributed by atoms with van der Waals surface area (Å²) in [6.07, 6.45) is 6.75. The summed E-state index contributed by atoms with van der Waals surface area (Å²) in [6, 6.07) is 4.38. The summed E-state index contributed by atoms with van der Waals surface area (Å²) in [7, 11) is 1.77. The lowest BCUT2D eigenvalue weighted by Gasteiger charge is -2.33. The van der Waals surface area contributed by atoms with Crippen molar-refractivity contribution < 1.29 is 4.42 Å². The van der Waals surface area contributed by atoms with Crippen LogP contribution in [0, 0.1) is 0 Å². The number of nitrogens with one attached hydrogen (secondary N) is 3. The van der Waals surface area contributed by atoms with Gasteiger partial charge in [0.25, 0.3) is 0 Å². The van der Waals surface area contributed by atoms with Crippen LogP contribution < -0.4 is 10.6 Å². The van der Waals surface area contributed by atoms with Gasteiger partial charge in [-0.3, -0.25) is 10.1 Å². The number of aliphatic imine (C=N–C) groups is 1. The molecule has 3 rings (SSSR count). The Hall–Kier alpha value is -1.62. The minimum Gasteiger partial charge on any atom is -0.461 e. The van der Waals surface area contributed by atoms with E-state index in [0.29, 0.717) is 18.1 Å². The lowest BCUT2D eigenvalue weighted by molar-refractivity contribution is 0.159. The zero-order valence-electron chi connectivity index (χ0n) is 16.1. The fourth-order valence-electron chi connectivity index (χ4n) is 3.26. The highest BCUT2D eigenvalue weighted by Crippen LogP contribution is 2.16. The summed E-state index contributed by atoms with van der Waals surface area (Å²) in [5.74, 6) is 2.72. The summed E-state index contributed by atoms with van der Waals surface area (Å²) < 4.78 is 5.30. The summed E-state index contributed by atoms with van der Waals surface area (Å²) in [5.41, 5.74) is 0. The molecule has 1 unspecified atom stereocenters. The van der Waals surface area contributed by atoms with Crippen molar-refractivity contribution in [3.8, 4) is 11.6 Å². The van der Waals surface area contributed by atoms with E-state index >= 15 is 0 Å². The maximum absolute atomic E-state index is 5.30. The van der Waals surface area contributed by atoms with Crippen molar-refractivity contribution in [3.05, 3.63) is 24.2 Å². The number of aromatic nitrogens is 3. The van der Waals surface area contributed by atoms with Gasteiger partial charge in [0.15, 0.2) is 11.7 Å². The normalized spacial score (nSPS) is 18.1. The molecular formula is C18H30IN7O. The fourth-order valence-corrected chi connectivity index (χ4v) is 3.26. The number of nitrogens with zero attached hydrogens (tertiary/aromatic N) is 4. The molecule has 1 aliphatic heterocycles. The molecule has 2 aromatic heterocycles. The van der Waals surface area contributed by atoms with E-state index in [1.165, 1.54) is 25.8 Å². The number of piperidine rings is 1. The largest absolute Gasteiger partial charge is 0.461 e. The van der Waals surface area contributed by atoms with E-state index in [1.54, 1.807) is 13.3 Å². The van der Waals surface area contributed by atoms with Crippen LogP contribution >= 0.6 is 24.0 Å². The molecule has 1 saturated heterocycles. The molecule has 27 heavy (non-hydrogen) atoms. The van der Waals surface area contributed by atoms with Gasteiger partial charge in [-0.05, 0) is 44.9 Å². The Bertz CT molecular complexity index is 686. The highest BCUT2D eigenvalue weighted by Gasteiger charge is 2.17. The number of aromatic amines is 1. The Morgan fingerprint density at radius 3 is 3.04 bits per heavy atom. The molecule has 9 heteroatoms. The third kappa shape index (κ3) is 6.49. The van der Waals surface area contributed by atoms with Gasteiger partial charge in [-0.2, -0.15) is 0 Å². The summed E-state index contributed by atoms with van der Waals surface area (Å²) in [5, 5.41) is 13.7. The number of rotatable bonds is 7. The molecule has 150 valence electrons. The molecule has 3 N–H and O–H groups in total. The molecule has 1 aliphatic rings. The molecule has 1 fully saturated rings. The topological polar surface area (TPSA) is 94.4 Å². The summed E-state index contributed by atoms with van der Waals surface area (Å²) >= 11 is 0. The van der Waals surface area contributed by atoms with E-state index < -0.39 is 0 Å². The van der Waals surface area contributed by atoms with Crippen LogP contribution in [0.1, 0.15) is 38.4 Å². The van der Waals surface area contributed by atoms with Crippen LogP contribution in [0.2, 0.25) is 0 Å². The third-order valence-corrected chi connectivity index (χ3v) is 4.78. The average Bonchev–Trinajstić information content (AvgIpc) is 3.34. The number of likely N-dealkylation sites (tertiary alicyclic amines) is 1. The second-order valence-electron chi connectivity index (χ2n) is 6.67.